The molecule has 2 aliphatic heterocycles. The zero-order valence-corrected chi connectivity index (χ0v) is 8.24. The largest absolute Gasteiger partial charge is 0.336 e. The van der Waals surface area contributed by atoms with E-state index in [0.717, 1.165) is 11.4 Å². The summed E-state index contributed by atoms with van der Waals surface area (Å²) in [6, 6.07) is 0.142. The quantitative estimate of drug-likeness (QED) is 0.651. The Morgan fingerprint density at radius 1 is 1.83 bits per heavy atom. The van der Waals surface area contributed by atoms with Gasteiger partial charge >= 0.3 is 0 Å². The second kappa shape index (κ2) is 2.98. The van der Waals surface area contributed by atoms with Crippen LogP contribution in [0.2, 0.25) is 0 Å². The van der Waals surface area contributed by atoms with Crippen LogP contribution >= 0.6 is 23.4 Å². The molecule has 12 heavy (non-hydrogen) atoms. The van der Waals surface area contributed by atoms with Crippen molar-refractivity contribution in [3.05, 3.63) is 24.0 Å². The Labute approximate surface area is 81.4 Å². The minimum absolute atomic E-state index is 0.142. The molecule has 0 saturated carbocycles. The highest BCUT2D eigenvalue weighted by Gasteiger charge is 2.40. The van der Waals surface area contributed by atoms with E-state index in [-0.39, 0.29) is 6.04 Å². The van der Waals surface area contributed by atoms with E-state index >= 15 is 0 Å². The standard InChI is InChI=1S/C8H11ClN2S/c1-5-7(10)8-11(5)3-6(2-9)4-12-8/h3,7-8H,1-2,4,10H2. The summed E-state index contributed by atoms with van der Waals surface area (Å²) in [6.45, 7) is 3.89. The van der Waals surface area contributed by atoms with Crippen molar-refractivity contribution in [2.24, 2.45) is 5.73 Å². The van der Waals surface area contributed by atoms with Gasteiger partial charge in [-0.2, -0.15) is 0 Å². The highest BCUT2D eigenvalue weighted by Crippen LogP contribution is 2.39. The first kappa shape index (κ1) is 8.48. The Bertz CT molecular complexity index is 251. The van der Waals surface area contributed by atoms with Crippen LogP contribution in [0.5, 0.6) is 0 Å². The zero-order chi connectivity index (χ0) is 8.72. The lowest BCUT2D eigenvalue weighted by molar-refractivity contribution is 0.272. The van der Waals surface area contributed by atoms with E-state index in [9.17, 15) is 0 Å². The molecule has 0 aliphatic carbocycles. The van der Waals surface area contributed by atoms with Crippen LogP contribution in [-0.2, 0) is 0 Å². The van der Waals surface area contributed by atoms with Crippen LogP contribution in [-0.4, -0.2) is 27.9 Å². The fraction of sp³-hybridized carbons (Fsp3) is 0.500. The average molecular weight is 203 g/mol. The second-order valence-electron chi connectivity index (χ2n) is 3.05. The number of hydrogen-bond acceptors (Lipinski definition) is 3. The summed E-state index contributed by atoms with van der Waals surface area (Å²) >= 11 is 7.58. The highest BCUT2D eigenvalue weighted by atomic mass is 35.5. The molecule has 1 saturated heterocycles. The zero-order valence-electron chi connectivity index (χ0n) is 6.66. The normalized spacial score (nSPS) is 34.0. The van der Waals surface area contributed by atoms with Crippen molar-refractivity contribution in [3.63, 3.8) is 0 Å². The maximum absolute atomic E-state index is 5.84. The Morgan fingerprint density at radius 2 is 2.58 bits per heavy atom. The molecule has 2 aliphatic rings. The first-order chi connectivity index (χ1) is 5.74. The molecule has 2 nitrogen and oxygen atoms in total. The SMILES string of the molecule is C=C1C(N)C2SCC(CCl)=CN12. The van der Waals surface area contributed by atoms with Gasteiger partial charge in [-0.25, -0.2) is 0 Å². The van der Waals surface area contributed by atoms with Gasteiger partial charge in [-0.15, -0.1) is 23.4 Å². The maximum atomic E-state index is 5.84. The number of hydrogen-bond donors (Lipinski definition) is 1. The van der Waals surface area contributed by atoms with Crippen LogP contribution < -0.4 is 5.73 Å². The predicted molar refractivity (Wildman–Crippen MR) is 54.0 cm³/mol. The first-order valence-corrected chi connectivity index (χ1v) is 5.42. The molecule has 2 unspecified atom stereocenters. The molecule has 0 amide bonds. The van der Waals surface area contributed by atoms with Crippen LogP contribution in [0.1, 0.15) is 0 Å². The number of alkyl halides is 1. The summed E-state index contributed by atoms with van der Waals surface area (Å²) in [6.07, 6.45) is 2.08. The third-order valence-electron chi connectivity index (χ3n) is 2.23. The summed E-state index contributed by atoms with van der Waals surface area (Å²) < 4.78 is 0. The smallest absolute Gasteiger partial charge is 0.100 e. The van der Waals surface area contributed by atoms with E-state index in [1.807, 2.05) is 11.8 Å². The van der Waals surface area contributed by atoms with Crippen molar-refractivity contribution in [3.8, 4) is 0 Å². The van der Waals surface area contributed by atoms with Gasteiger partial charge in [0.15, 0.2) is 0 Å². The van der Waals surface area contributed by atoms with Crippen molar-refractivity contribution < 1.29 is 0 Å². The van der Waals surface area contributed by atoms with Gasteiger partial charge in [-0.05, 0) is 5.57 Å². The third-order valence-corrected chi connectivity index (χ3v) is 3.97. The van der Waals surface area contributed by atoms with Gasteiger partial charge in [0.05, 0.1) is 6.04 Å². The van der Waals surface area contributed by atoms with Crippen LogP contribution in [0, 0.1) is 0 Å². The van der Waals surface area contributed by atoms with E-state index in [2.05, 4.69) is 17.7 Å². The molecule has 0 aromatic rings. The van der Waals surface area contributed by atoms with Crippen molar-refractivity contribution in [1.82, 2.24) is 4.90 Å². The molecule has 0 bridgehead atoms. The number of fused-ring (bicyclic) bond motifs is 1. The number of thioether (sulfide) groups is 1. The van der Waals surface area contributed by atoms with Crippen LogP contribution in [0.25, 0.3) is 0 Å². The summed E-state index contributed by atoms with van der Waals surface area (Å²) in [5.41, 5.74) is 8.10. The molecule has 2 N–H and O–H groups in total. The lowest BCUT2D eigenvalue weighted by Gasteiger charge is -2.49. The fourth-order valence-electron chi connectivity index (χ4n) is 1.43. The summed E-state index contributed by atoms with van der Waals surface area (Å²) in [5, 5.41) is 0.407. The Kier molecular flexibility index (Phi) is 2.10. The number of nitrogens with zero attached hydrogens (tertiary/aromatic N) is 1. The van der Waals surface area contributed by atoms with Gasteiger partial charge in [0.25, 0.3) is 0 Å². The molecule has 0 spiro atoms. The van der Waals surface area contributed by atoms with Crippen molar-refractivity contribution in [2.45, 2.75) is 11.4 Å². The third kappa shape index (κ3) is 1.08. The molecule has 0 radical (unpaired) electrons. The van der Waals surface area contributed by atoms with Crippen molar-refractivity contribution in [2.75, 3.05) is 11.6 Å². The summed E-state index contributed by atoms with van der Waals surface area (Å²) in [5.74, 6) is 1.62. The molecule has 66 valence electrons. The van der Waals surface area contributed by atoms with E-state index in [1.165, 1.54) is 5.57 Å². The van der Waals surface area contributed by atoms with Crippen LogP contribution in [0.15, 0.2) is 24.0 Å². The Balaban J connectivity index is 2.15. The average Bonchev–Trinajstić information content (AvgIpc) is 2.15. The fourth-order valence-corrected chi connectivity index (χ4v) is 2.99. The van der Waals surface area contributed by atoms with E-state index in [4.69, 9.17) is 17.3 Å². The van der Waals surface area contributed by atoms with Gasteiger partial charge in [0.1, 0.15) is 5.37 Å². The molecule has 2 heterocycles. The first-order valence-electron chi connectivity index (χ1n) is 3.84. The van der Waals surface area contributed by atoms with Crippen molar-refractivity contribution in [1.29, 1.82) is 0 Å². The predicted octanol–water partition coefficient (Wildman–Crippen LogP) is 1.34. The van der Waals surface area contributed by atoms with Gasteiger partial charge in [0.2, 0.25) is 0 Å². The van der Waals surface area contributed by atoms with E-state index in [0.29, 0.717) is 11.3 Å². The minimum atomic E-state index is 0.142. The van der Waals surface area contributed by atoms with Crippen molar-refractivity contribution >= 4 is 23.4 Å². The monoisotopic (exact) mass is 202 g/mol. The molecular formula is C8H11ClN2S. The number of rotatable bonds is 1. The van der Waals surface area contributed by atoms with Crippen LogP contribution in [0.4, 0.5) is 0 Å². The Hall–Kier alpha value is -0.120. The lowest BCUT2D eigenvalue weighted by atomic mass is 10.1. The number of halogens is 1. The lowest BCUT2D eigenvalue weighted by Crippen LogP contribution is -2.58. The highest BCUT2D eigenvalue weighted by molar-refractivity contribution is 8.00. The summed E-state index contributed by atoms with van der Waals surface area (Å²) in [7, 11) is 0. The number of nitrogens with two attached hydrogens (primary N) is 1. The summed E-state index contributed by atoms with van der Waals surface area (Å²) in [4.78, 5) is 2.12. The van der Waals surface area contributed by atoms with E-state index < -0.39 is 0 Å². The second-order valence-corrected chi connectivity index (χ2v) is 4.42. The molecule has 2 rings (SSSR count). The molecule has 4 heteroatoms. The Morgan fingerprint density at radius 3 is 3.25 bits per heavy atom. The van der Waals surface area contributed by atoms with Gasteiger partial charge in [0, 0.05) is 23.5 Å². The van der Waals surface area contributed by atoms with Gasteiger partial charge in [-0.3, -0.25) is 0 Å². The van der Waals surface area contributed by atoms with Crippen LogP contribution in [0.3, 0.4) is 0 Å². The molecule has 0 aromatic carbocycles. The van der Waals surface area contributed by atoms with E-state index in [1.54, 1.807) is 0 Å². The maximum Gasteiger partial charge on any atom is 0.100 e. The van der Waals surface area contributed by atoms with Gasteiger partial charge < -0.3 is 10.6 Å². The molecule has 0 aromatic heterocycles. The minimum Gasteiger partial charge on any atom is -0.336 e. The topological polar surface area (TPSA) is 29.3 Å². The van der Waals surface area contributed by atoms with Gasteiger partial charge in [-0.1, -0.05) is 6.58 Å². The molecule has 2 atom stereocenters. The molecule has 1 fully saturated rings. The molecular weight excluding hydrogens is 192 g/mol.